The van der Waals surface area contributed by atoms with Gasteiger partial charge in [0.2, 0.25) is 0 Å². The van der Waals surface area contributed by atoms with Crippen molar-refractivity contribution in [1.82, 2.24) is 4.90 Å². The first-order valence-electron chi connectivity index (χ1n) is 5.99. The Morgan fingerprint density at radius 3 is 2.81 bits per heavy atom. The van der Waals surface area contributed by atoms with Gasteiger partial charge in [-0.15, -0.1) is 11.3 Å². The van der Waals surface area contributed by atoms with Gasteiger partial charge in [0.1, 0.15) is 0 Å². The van der Waals surface area contributed by atoms with Gasteiger partial charge in [-0.1, -0.05) is 6.92 Å². The zero-order valence-electron chi connectivity index (χ0n) is 10.0. The van der Waals surface area contributed by atoms with E-state index in [0.29, 0.717) is 6.54 Å². The second-order valence-electron chi connectivity index (χ2n) is 4.68. The third-order valence-corrected chi connectivity index (χ3v) is 4.24. The highest BCUT2D eigenvalue weighted by molar-refractivity contribution is 7.14. The lowest BCUT2D eigenvalue weighted by molar-refractivity contribution is 0.0948. The Kier molecular flexibility index (Phi) is 3.77. The first kappa shape index (κ1) is 11.8. The van der Waals surface area contributed by atoms with Crippen LogP contribution < -0.4 is 0 Å². The number of carbonyl (C=O) groups excluding carboxylic acids is 1. The van der Waals surface area contributed by atoms with Gasteiger partial charge in [0, 0.05) is 11.4 Å². The first-order chi connectivity index (χ1) is 7.69. The van der Waals surface area contributed by atoms with E-state index >= 15 is 0 Å². The molecule has 2 rings (SSSR count). The zero-order valence-corrected chi connectivity index (χ0v) is 10.8. The van der Waals surface area contributed by atoms with Crippen molar-refractivity contribution in [2.24, 2.45) is 5.92 Å². The van der Waals surface area contributed by atoms with Gasteiger partial charge >= 0.3 is 0 Å². The summed E-state index contributed by atoms with van der Waals surface area (Å²) in [4.78, 5) is 16.3. The number of hydrogen-bond donors (Lipinski definition) is 0. The molecule has 0 unspecified atom stereocenters. The Hall–Kier alpha value is -0.670. The van der Waals surface area contributed by atoms with Crippen LogP contribution >= 0.6 is 11.3 Å². The van der Waals surface area contributed by atoms with E-state index in [-0.39, 0.29) is 5.78 Å². The third-order valence-electron chi connectivity index (χ3n) is 2.97. The van der Waals surface area contributed by atoms with Crippen LogP contribution in [-0.2, 0) is 6.42 Å². The summed E-state index contributed by atoms with van der Waals surface area (Å²) in [5.74, 6) is 1.13. The average molecular weight is 237 g/mol. The van der Waals surface area contributed by atoms with Crippen molar-refractivity contribution < 1.29 is 4.79 Å². The number of likely N-dealkylation sites (N-methyl/N-ethyl adjacent to an activating group) is 1. The molecule has 3 heteroatoms. The van der Waals surface area contributed by atoms with Crippen molar-refractivity contribution in [2.45, 2.75) is 26.2 Å². The van der Waals surface area contributed by atoms with Crippen LogP contribution in [0.4, 0.5) is 0 Å². The van der Waals surface area contributed by atoms with Gasteiger partial charge in [0.05, 0.1) is 11.4 Å². The van der Waals surface area contributed by atoms with Gasteiger partial charge in [-0.2, -0.15) is 0 Å². The number of aryl methyl sites for hydroxylation is 1. The third kappa shape index (κ3) is 3.16. The zero-order chi connectivity index (χ0) is 11.5. The summed E-state index contributed by atoms with van der Waals surface area (Å²) >= 11 is 1.64. The van der Waals surface area contributed by atoms with Crippen LogP contribution in [0.15, 0.2) is 12.1 Å². The molecule has 1 aliphatic carbocycles. The largest absolute Gasteiger partial charge is 0.299 e. The number of nitrogens with zero attached hydrogens (tertiary/aromatic N) is 1. The van der Waals surface area contributed by atoms with Crippen molar-refractivity contribution in [3.05, 3.63) is 21.9 Å². The van der Waals surface area contributed by atoms with Crippen molar-refractivity contribution in [1.29, 1.82) is 0 Å². The predicted octanol–water partition coefficient (Wildman–Crippen LogP) is 2.84. The van der Waals surface area contributed by atoms with E-state index in [9.17, 15) is 4.79 Å². The summed E-state index contributed by atoms with van der Waals surface area (Å²) in [6.07, 6.45) is 3.71. The Bertz CT molecular complexity index is 368. The fourth-order valence-corrected chi connectivity index (χ4v) is 2.72. The highest BCUT2D eigenvalue weighted by atomic mass is 32.1. The normalized spacial score (nSPS) is 15.7. The van der Waals surface area contributed by atoms with Gasteiger partial charge < -0.3 is 0 Å². The van der Waals surface area contributed by atoms with Crippen LogP contribution in [0.3, 0.4) is 0 Å². The molecule has 1 aromatic rings. The van der Waals surface area contributed by atoms with Crippen LogP contribution in [0.1, 0.15) is 34.3 Å². The standard InChI is InChI=1S/C13H19NOS/c1-3-11-6-7-13(16-11)12(15)9-14(2)8-10-4-5-10/h6-7,10H,3-5,8-9H2,1-2H3. The molecular weight excluding hydrogens is 218 g/mol. The number of ketones is 1. The van der Waals surface area contributed by atoms with Crippen LogP contribution in [0.25, 0.3) is 0 Å². The van der Waals surface area contributed by atoms with E-state index in [0.717, 1.165) is 23.8 Å². The van der Waals surface area contributed by atoms with Crippen LogP contribution in [0.2, 0.25) is 0 Å². The molecule has 16 heavy (non-hydrogen) atoms. The van der Waals surface area contributed by atoms with Crippen LogP contribution in [0.5, 0.6) is 0 Å². The van der Waals surface area contributed by atoms with Crippen molar-refractivity contribution in [3.8, 4) is 0 Å². The fraction of sp³-hybridized carbons (Fsp3) is 0.615. The number of Topliss-reactive ketones (excluding diaryl/α,β-unsaturated/α-hetero) is 1. The molecule has 0 spiro atoms. The van der Waals surface area contributed by atoms with Gasteiger partial charge in [-0.3, -0.25) is 9.69 Å². The SMILES string of the molecule is CCc1ccc(C(=O)CN(C)CC2CC2)s1. The predicted molar refractivity (Wildman–Crippen MR) is 68.2 cm³/mol. The molecule has 0 bridgehead atoms. The first-order valence-corrected chi connectivity index (χ1v) is 6.81. The number of rotatable bonds is 6. The van der Waals surface area contributed by atoms with Gasteiger partial charge in [0.15, 0.2) is 5.78 Å². The average Bonchev–Trinajstić information content (AvgIpc) is 2.93. The highest BCUT2D eigenvalue weighted by Crippen LogP contribution is 2.29. The molecule has 0 aromatic carbocycles. The molecule has 0 aliphatic heterocycles. The van der Waals surface area contributed by atoms with E-state index < -0.39 is 0 Å². The lowest BCUT2D eigenvalue weighted by Gasteiger charge is -2.14. The molecular formula is C13H19NOS. The lowest BCUT2D eigenvalue weighted by atomic mass is 10.3. The smallest absolute Gasteiger partial charge is 0.186 e. The van der Waals surface area contributed by atoms with Crippen molar-refractivity contribution in [2.75, 3.05) is 20.1 Å². The highest BCUT2D eigenvalue weighted by Gasteiger charge is 2.23. The molecule has 2 nitrogen and oxygen atoms in total. The minimum atomic E-state index is 0.271. The van der Waals surface area contributed by atoms with E-state index in [1.165, 1.54) is 17.7 Å². The lowest BCUT2D eigenvalue weighted by Crippen LogP contribution is -2.27. The van der Waals surface area contributed by atoms with Gasteiger partial charge in [-0.05, 0) is 44.4 Å². The van der Waals surface area contributed by atoms with E-state index in [1.807, 2.05) is 13.1 Å². The number of hydrogen-bond acceptors (Lipinski definition) is 3. The number of thiophene rings is 1. The molecule has 0 radical (unpaired) electrons. The van der Waals surface area contributed by atoms with E-state index in [1.54, 1.807) is 11.3 Å². The Balaban J connectivity index is 1.85. The molecule has 0 saturated heterocycles. The monoisotopic (exact) mass is 237 g/mol. The molecule has 88 valence electrons. The minimum absolute atomic E-state index is 0.271. The Labute approximate surface area is 101 Å². The molecule has 1 saturated carbocycles. The topological polar surface area (TPSA) is 20.3 Å². The van der Waals surface area contributed by atoms with Gasteiger partial charge in [-0.25, -0.2) is 0 Å². The van der Waals surface area contributed by atoms with Gasteiger partial charge in [0.25, 0.3) is 0 Å². The summed E-state index contributed by atoms with van der Waals surface area (Å²) in [5, 5.41) is 0. The summed E-state index contributed by atoms with van der Waals surface area (Å²) in [6, 6.07) is 4.04. The summed E-state index contributed by atoms with van der Waals surface area (Å²) in [5.41, 5.74) is 0. The summed E-state index contributed by atoms with van der Waals surface area (Å²) < 4.78 is 0. The quantitative estimate of drug-likeness (QED) is 0.709. The maximum atomic E-state index is 12.0. The molecule has 1 aromatic heterocycles. The molecule has 1 aliphatic rings. The number of carbonyl (C=O) groups is 1. The van der Waals surface area contributed by atoms with Crippen molar-refractivity contribution in [3.63, 3.8) is 0 Å². The molecule has 0 atom stereocenters. The van der Waals surface area contributed by atoms with E-state index in [2.05, 4.69) is 17.9 Å². The van der Waals surface area contributed by atoms with E-state index in [4.69, 9.17) is 0 Å². The minimum Gasteiger partial charge on any atom is -0.299 e. The molecule has 0 N–H and O–H groups in total. The van der Waals surface area contributed by atoms with Crippen LogP contribution in [0, 0.1) is 5.92 Å². The Morgan fingerprint density at radius 1 is 1.50 bits per heavy atom. The summed E-state index contributed by atoms with van der Waals surface area (Å²) in [6.45, 7) is 3.78. The second kappa shape index (κ2) is 5.11. The van der Waals surface area contributed by atoms with Crippen molar-refractivity contribution >= 4 is 17.1 Å². The molecule has 1 heterocycles. The van der Waals surface area contributed by atoms with Crippen LogP contribution in [-0.4, -0.2) is 30.8 Å². The summed E-state index contributed by atoms with van der Waals surface area (Å²) in [7, 11) is 2.05. The molecule has 1 fully saturated rings. The maximum absolute atomic E-state index is 12.0. The fourth-order valence-electron chi connectivity index (χ4n) is 1.85. The maximum Gasteiger partial charge on any atom is 0.186 e. The Morgan fingerprint density at radius 2 is 2.25 bits per heavy atom. The molecule has 0 amide bonds. The second-order valence-corrected chi connectivity index (χ2v) is 5.85.